The summed E-state index contributed by atoms with van der Waals surface area (Å²) < 4.78 is 25.4. The van der Waals surface area contributed by atoms with Crippen LogP contribution in [-0.2, 0) is 11.3 Å². The van der Waals surface area contributed by atoms with Crippen LogP contribution < -0.4 is 10.1 Å². The van der Waals surface area contributed by atoms with Gasteiger partial charge in [0.1, 0.15) is 23.8 Å². The van der Waals surface area contributed by atoms with E-state index in [1.807, 2.05) is 39.1 Å². The molecule has 0 bridgehead atoms. The average Bonchev–Trinajstić information content (AvgIpc) is 2.82. The number of hydrogen-bond donors (Lipinski definition) is 2. The van der Waals surface area contributed by atoms with Gasteiger partial charge < -0.3 is 24.8 Å². The number of halogens is 1. The molecule has 2 N–H and O–H groups in total. The van der Waals surface area contributed by atoms with Crippen LogP contribution in [0.4, 0.5) is 9.18 Å². The van der Waals surface area contributed by atoms with Crippen molar-refractivity contribution in [2.75, 3.05) is 19.7 Å². The van der Waals surface area contributed by atoms with E-state index in [0.29, 0.717) is 24.7 Å². The number of aliphatic hydroxyl groups is 1. The monoisotopic (exact) mass is 487 g/mol. The number of aromatic nitrogens is 1. The fraction of sp³-hybridized carbons (Fsp3) is 0.500. The molecule has 2 heterocycles. The van der Waals surface area contributed by atoms with Crippen LogP contribution in [0.5, 0.6) is 5.75 Å². The number of carbonyl (C=O) groups excluding carboxylic acids is 2. The second kappa shape index (κ2) is 11.5. The molecule has 9 heteroatoms. The third kappa shape index (κ3) is 7.65. The van der Waals surface area contributed by atoms with Gasteiger partial charge in [-0.3, -0.25) is 9.78 Å². The Balaban J connectivity index is 1.50. The number of piperidine rings is 1. The summed E-state index contributed by atoms with van der Waals surface area (Å²) in [4.78, 5) is 30.5. The number of hydrogen-bond acceptors (Lipinski definition) is 6. The number of amides is 2. The van der Waals surface area contributed by atoms with Crippen molar-refractivity contribution in [1.82, 2.24) is 15.2 Å². The maximum absolute atomic E-state index is 14.3. The molecular weight excluding hydrogens is 453 g/mol. The molecule has 1 atom stereocenters. The second-order valence-corrected chi connectivity index (χ2v) is 9.81. The van der Waals surface area contributed by atoms with Crippen molar-refractivity contribution >= 4 is 12.0 Å². The van der Waals surface area contributed by atoms with Gasteiger partial charge in [-0.15, -0.1) is 0 Å². The van der Waals surface area contributed by atoms with Crippen LogP contribution >= 0.6 is 0 Å². The maximum atomic E-state index is 14.3. The summed E-state index contributed by atoms with van der Waals surface area (Å²) in [5, 5.41) is 11.5. The molecule has 3 rings (SSSR count). The lowest BCUT2D eigenvalue weighted by Gasteiger charge is -2.33. The predicted octanol–water partition coefficient (Wildman–Crippen LogP) is 4.02. The van der Waals surface area contributed by atoms with E-state index in [9.17, 15) is 14.0 Å². The number of rotatable bonds is 7. The molecule has 0 spiro atoms. The van der Waals surface area contributed by atoms with Crippen LogP contribution in [0.1, 0.15) is 68.1 Å². The highest BCUT2D eigenvalue weighted by molar-refractivity contribution is 5.94. The summed E-state index contributed by atoms with van der Waals surface area (Å²) in [6.45, 7) is 8.42. The Hall–Kier alpha value is -3.20. The van der Waals surface area contributed by atoms with Crippen LogP contribution in [0.15, 0.2) is 36.5 Å². The first-order valence-corrected chi connectivity index (χ1v) is 11.8. The first-order valence-electron chi connectivity index (χ1n) is 11.8. The van der Waals surface area contributed by atoms with Crippen molar-refractivity contribution in [3.63, 3.8) is 0 Å². The largest absolute Gasteiger partial charge is 0.487 e. The number of carbonyl (C=O) groups is 2. The van der Waals surface area contributed by atoms with E-state index in [2.05, 4.69) is 10.3 Å². The molecule has 190 valence electrons. The molecule has 1 unspecified atom stereocenters. The lowest BCUT2D eigenvalue weighted by Crippen LogP contribution is -2.41. The molecule has 0 saturated carbocycles. The van der Waals surface area contributed by atoms with Gasteiger partial charge in [0, 0.05) is 31.4 Å². The molecule has 1 aliphatic heterocycles. The summed E-state index contributed by atoms with van der Waals surface area (Å²) in [5.41, 5.74) is 1.19. The van der Waals surface area contributed by atoms with E-state index < -0.39 is 23.4 Å². The van der Waals surface area contributed by atoms with Crippen LogP contribution in [0.25, 0.3) is 0 Å². The third-order valence-corrected chi connectivity index (χ3v) is 5.69. The minimum atomic E-state index is -0.703. The fourth-order valence-corrected chi connectivity index (χ4v) is 3.76. The van der Waals surface area contributed by atoms with Gasteiger partial charge in [-0.2, -0.15) is 0 Å². The number of pyridine rings is 1. The zero-order chi connectivity index (χ0) is 25.6. The molecule has 1 aromatic heterocycles. The minimum absolute atomic E-state index is 0.113. The number of nitrogens with one attached hydrogen (secondary N) is 1. The summed E-state index contributed by atoms with van der Waals surface area (Å²) >= 11 is 0. The highest BCUT2D eigenvalue weighted by Gasteiger charge is 2.27. The van der Waals surface area contributed by atoms with Gasteiger partial charge in [0.15, 0.2) is 0 Å². The van der Waals surface area contributed by atoms with Crippen molar-refractivity contribution < 1.29 is 28.6 Å². The van der Waals surface area contributed by atoms with E-state index in [1.54, 1.807) is 11.8 Å². The molecule has 8 nitrogen and oxygen atoms in total. The first-order chi connectivity index (χ1) is 16.6. The number of likely N-dealkylation sites (tertiary alicyclic amines) is 1. The predicted molar refractivity (Wildman–Crippen MR) is 129 cm³/mol. The van der Waals surface area contributed by atoms with Crippen molar-refractivity contribution in [3.05, 3.63) is 59.2 Å². The highest BCUT2D eigenvalue weighted by Crippen LogP contribution is 2.28. The third-order valence-electron chi connectivity index (χ3n) is 5.69. The van der Waals surface area contributed by atoms with Gasteiger partial charge >= 0.3 is 6.09 Å². The molecule has 35 heavy (non-hydrogen) atoms. The lowest BCUT2D eigenvalue weighted by atomic mass is 9.90. The Morgan fingerprint density at radius 2 is 1.94 bits per heavy atom. The van der Waals surface area contributed by atoms with E-state index in [1.165, 1.54) is 12.1 Å². The van der Waals surface area contributed by atoms with Gasteiger partial charge in [-0.1, -0.05) is 6.07 Å². The van der Waals surface area contributed by atoms with Gasteiger partial charge in [-0.25, -0.2) is 9.18 Å². The van der Waals surface area contributed by atoms with Crippen molar-refractivity contribution in [2.24, 2.45) is 0 Å². The zero-order valence-corrected chi connectivity index (χ0v) is 20.7. The highest BCUT2D eigenvalue weighted by atomic mass is 19.1. The molecule has 0 aliphatic carbocycles. The fourth-order valence-electron chi connectivity index (χ4n) is 3.76. The summed E-state index contributed by atoms with van der Waals surface area (Å²) in [6.07, 6.45) is 3.23. The Bertz CT molecular complexity index is 1010. The Morgan fingerprint density at radius 3 is 2.51 bits per heavy atom. The van der Waals surface area contributed by atoms with Gasteiger partial charge in [0.2, 0.25) is 0 Å². The first kappa shape index (κ1) is 26.4. The summed E-state index contributed by atoms with van der Waals surface area (Å²) in [5.74, 6) is -0.692. The topological polar surface area (TPSA) is 101 Å². The summed E-state index contributed by atoms with van der Waals surface area (Å²) in [7, 11) is 0. The quantitative estimate of drug-likeness (QED) is 0.612. The lowest BCUT2D eigenvalue weighted by molar-refractivity contribution is 0.0204. The number of nitrogens with zero attached hydrogens (tertiary/aromatic N) is 2. The number of benzene rings is 1. The van der Waals surface area contributed by atoms with Gasteiger partial charge in [0.25, 0.3) is 5.91 Å². The second-order valence-electron chi connectivity index (χ2n) is 9.81. The normalized spacial score (nSPS) is 15.4. The SMILES string of the molecule is CC(CO)NC(=O)c1ccc(OCc2ccc(C3CCN(C(=O)OC(C)(C)C)CC3)cn2)cc1F. The van der Waals surface area contributed by atoms with Crippen LogP contribution in [0, 0.1) is 5.82 Å². The van der Waals surface area contributed by atoms with Crippen molar-refractivity contribution in [2.45, 2.75) is 64.7 Å². The van der Waals surface area contributed by atoms with E-state index in [0.717, 1.165) is 24.5 Å². The molecule has 2 amide bonds. The molecule has 1 aliphatic rings. The van der Waals surface area contributed by atoms with Crippen molar-refractivity contribution in [1.29, 1.82) is 0 Å². The average molecular weight is 488 g/mol. The maximum Gasteiger partial charge on any atom is 0.410 e. The number of ether oxygens (including phenoxy) is 2. The molecular formula is C26H34FN3O5. The van der Waals surface area contributed by atoms with Gasteiger partial charge in [-0.05, 0) is 70.2 Å². The van der Waals surface area contributed by atoms with Crippen LogP contribution in [-0.4, -0.2) is 58.3 Å². The Kier molecular flexibility index (Phi) is 8.67. The van der Waals surface area contributed by atoms with Crippen molar-refractivity contribution in [3.8, 4) is 5.75 Å². The summed E-state index contributed by atoms with van der Waals surface area (Å²) in [6, 6.07) is 7.45. The Labute approximate surface area is 205 Å². The van der Waals surface area contributed by atoms with E-state index in [-0.39, 0.29) is 30.6 Å². The minimum Gasteiger partial charge on any atom is -0.487 e. The van der Waals surface area contributed by atoms with Gasteiger partial charge in [0.05, 0.1) is 17.9 Å². The number of aliphatic hydroxyl groups excluding tert-OH is 1. The molecule has 2 aromatic rings. The molecule has 1 aromatic carbocycles. The van der Waals surface area contributed by atoms with E-state index >= 15 is 0 Å². The van der Waals surface area contributed by atoms with Crippen LogP contribution in [0.3, 0.4) is 0 Å². The molecule has 0 radical (unpaired) electrons. The molecule has 1 fully saturated rings. The standard InChI is InChI=1S/C26H34FN3O5/c1-17(15-31)29-24(32)22-8-7-21(13-23(22)27)34-16-20-6-5-19(14-28-20)18-9-11-30(12-10-18)25(33)35-26(2,3)4/h5-8,13-14,17-18,31H,9-12,15-16H2,1-4H3,(H,29,32). The van der Waals surface area contributed by atoms with E-state index in [4.69, 9.17) is 14.6 Å². The molecule has 1 saturated heterocycles. The smallest absolute Gasteiger partial charge is 0.410 e. The zero-order valence-electron chi connectivity index (χ0n) is 20.7. The van der Waals surface area contributed by atoms with Crippen LogP contribution in [0.2, 0.25) is 0 Å². The Morgan fingerprint density at radius 1 is 1.23 bits per heavy atom.